The number of carbonyl (C=O) groups excluding carboxylic acids is 2. The lowest BCUT2D eigenvalue weighted by molar-refractivity contribution is 0.0281. The zero-order chi connectivity index (χ0) is 24.8. The minimum Gasteiger partial charge on any atom is -0.491 e. The van der Waals surface area contributed by atoms with Gasteiger partial charge in [-0.15, -0.1) is 0 Å². The molecule has 8 nitrogen and oxygen atoms in total. The second kappa shape index (κ2) is 11.3. The number of hydrogen-bond acceptors (Lipinski definition) is 5. The molecule has 0 saturated heterocycles. The number of anilines is 2. The fourth-order valence-electron chi connectivity index (χ4n) is 3.62. The van der Waals surface area contributed by atoms with E-state index in [9.17, 15) is 18.4 Å². The predicted molar refractivity (Wildman–Crippen MR) is 125 cm³/mol. The van der Waals surface area contributed by atoms with Gasteiger partial charge < -0.3 is 30.3 Å². The Morgan fingerprint density at radius 3 is 2.68 bits per heavy atom. The molecule has 2 aromatic carbocycles. The first-order chi connectivity index (χ1) is 16.2. The van der Waals surface area contributed by atoms with Gasteiger partial charge in [0, 0.05) is 45.0 Å². The molecule has 0 bridgehead atoms. The van der Waals surface area contributed by atoms with Crippen LogP contribution in [-0.2, 0) is 4.74 Å². The molecule has 0 saturated carbocycles. The van der Waals surface area contributed by atoms with Crippen molar-refractivity contribution < 1.29 is 27.8 Å². The number of urea groups is 1. The molecule has 0 radical (unpaired) electrons. The zero-order valence-electron chi connectivity index (χ0n) is 19.7. The van der Waals surface area contributed by atoms with E-state index in [1.807, 2.05) is 6.92 Å². The highest BCUT2D eigenvalue weighted by molar-refractivity contribution is 6.02. The maximum Gasteiger partial charge on any atom is 0.323 e. The maximum atomic E-state index is 13.8. The fraction of sp³-hybridized carbons (Fsp3) is 0.417. The Kier molecular flexibility index (Phi) is 8.41. The van der Waals surface area contributed by atoms with Crippen molar-refractivity contribution >= 4 is 23.3 Å². The van der Waals surface area contributed by atoms with Gasteiger partial charge in [-0.2, -0.15) is 0 Å². The van der Waals surface area contributed by atoms with Crippen molar-refractivity contribution in [2.45, 2.75) is 26.0 Å². The lowest BCUT2D eigenvalue weighted by Gasteiger charge is -2.30. The van der Waals surface area contributed by atoms with Gasteiger partial charge in [0.25, 0.3) is 5.91 Å². The summed E-state index contributed by atoms with van der Waals surface area (Å²) in [6.07, 6.45) is -0.175. The van der Waals surface area contributed by atoms with Crippen LogP contribution in [0.15, 0.2) is 36.4 Å². The number of likely N-dealkylation sites (N-methyl/N-ethyl adjacent to an activating group) is 1. The van der Waals surface area contributed by atoms with Crippen LogP contribution in [0.2, 0.25) is 0 Å². The van der Waals surface area contributed by atoms with Gasteiger partial charge in [-0.25, -0.2) is 13.6 Å². The van der Waals surface area contributed by atoms with Gasteiger partial charge in [0.05, 0.1) is 17.4 Å². The molecule has 184 valence electrons. The predicted octanol–water partition coefficient (Wildman–Crippen LogP) is 3.70. The molecule has 10 heteroatoms. The van der Waals surface area contributed by atoms with E-state index >= 15 is 0 Å². The van der Waals surface area contributed by atoms with Crippen molar-refractivity contribution in [1.82, 2.24) is 10.2 Å². The van der Waals surface area contributed by atoms with Crippen molar-refractivity contribution in [3.63, 3.8) is 0 Å². The summed E-state index contributed by atoms with van der Waals surface area (Å²) < 4.78 is 38.7. The Morgan fingerprint density at radius 2 is 1.94 bits per heavy atom. The van der Waals surface area contributed by atoms with Crippen molar-refractivity contribution in [2.75, 3.05) is 44.5 Å². The third-order valence-corrected chi connectivity index (χ3v) is 5.66. The smallest absolute Gasteiger partial charge is 0.323 e. The Morgan fingerprint density at radius 1 is 1.18 bits per heavy atom. The van der Waals surface area contributed by atoms with E-state index in [4.69, 9.17) is 9.47 Å². The number of rotatable bonds is 3. The summed E-state index contributed by atoms with van der Waals surface area (Å²) >= 11 is 0. The summed E-state index contributed by atoms with van der Waals surface area (Å²) in [5.74, 6) is -1.24. The summed E-state index contributed by atoms with van der Waals surface area (Å²) in [7, 11) is 3.29. The Labute approximate surface area is 197 Å². The van der Waals surface area contributed by atoms with Gasteiger partial charge in [0.1, 0.15) is 24.0 Å². The average molecular weight is 477 g/mol. The van der Waals surface area contributed by atoms with Crippen molar-refractivity contribution in [3.05, 3.63) is 53.6 Å². The molecule has 0 unspecified atom stereocenters. The molecule has 2 aromatic rings. The molecule has 34 heavy (non-hydrogen) atoms. The highest BCUT2D eigenvalue weighted by atomic mass is 19.1. The summed E-state index contributed by atoms with van der Waals surface area (Å²) in [6, 6.07) is 6.65. The number of halogens is 2. The van der Waals surface area contributed by atoms with Crippen LogP contribution < -0.4 is 20.7 Å². The minimum atomic E-state index is -0.787. The molecule has 0 fully saturated rings. The van der Waals surface area contributed by atoms with Crippen LogP contribution in [0.3, 0.4) is 0 Å². The van der Waals surface area contributed by atoms with E-state index in [1.54, 1.807) is 31.2 Å². The van der Waals surface area contributed by atoms with Crippen molar-refractivity contribution in [3.8, 4) is 5.75 Å². The van der Waals surface area contributed by atoms with Crippen LogP contribution in [0.5, 0.6) is 5.75 Å². The fourth-order valence-corrected chi connectivity index (χ4v) is 3.62. The third-order valence-electron chi connectivity index (χ3n) is 5.66. The second-order valence-corrected chi connectivity index (χ2v) is 8.47. The van der Waals surface area contributed by atoms with Gasteiger partial charge in [0.15, 0.2) is 0 Å². The molecular formula is C24H30F2N4O4. The molecule has 1 heterocycles. The first-order valence-corrected chi connectivity index (χ1v) is 11.0. The zero-order valence-corrected chi connectivity index (χ0v) is 19.7. The van der Waals surface area contributed by atoms with Gasteiger partial charge in [-0.1, -0.05) is 6.92 Å². The topological polar surface area (TPSA) is 91.9 Å². The summed E-state index contributed by atoms with van der Waals surface area (Å²) in [5, 5.41) is 8.21. The van der Waals surface area contributed by atoms with Crippen LogP contribution in [0.25, 0.3) is 0 Å². The molecule has 0 aromatic heterocycles. The Balaban J connectivity index is 1.83. The molecule has 0 aliphatic carbocycles. The van der Waals surface area contributed by atoms with Crippen LogP contribution in [-0.4, -0.2) is 62.8 Å². The van der Waals surface area contributed by atoms with Crippen LogP contribution in [0, 0.1) is 17.6 Å². The van der Waals surface area contributed by atoms with E-state index in [2.05, 4.69) is 22.9 Å². The first-order valence-electron chi connectivity index (χ1n) is 11.0. The molecule has 3 N–H and O–H groups in total. The van der Waals surface area contributed by atoms with Crippen LogP contribution in [0.4, 0.5) is 25.0 Å². The van der Waals surface area contributed by atoms with Crippen molar-refractivity contribution in [2.24, 2.45) is 5.92 Å². The third kappa shape index (κ3) is 6.42. The van der Waals surface area contributed by atoms with Gasteiger partial charge in [0.2, 0.25) is 0 Å². The number of amides is 3. The Hall–Kier alpha value is -3.24. The number of fused-ring (bicyclic) bond motifs is 1. The van der Waals surface area contributed by atoms with E-state index in [1.165, 1.54) is 6.07 Å². The monoisotopic (exact) mass is 476 g/mol. The molecule has 3 rings (SSSR count). The van der Waals surface area contributed by atoms with Gasteiger partial charge in [-0.3, -0.25) is 4.79 Å². The molecule has 3 atom stereocenters. The highest BCUT2D eigenvalue weighted by Gasteiger charge is 2.25. The lowest BCUT2D eigenvalue weighted by Crippen LogP contribution is -2.44. The van der Waals surface area contributed by atoms with Crippen LogP contribution in [0.1, 0.15) is 24.2 Å². The average Bonchev–Trinajstić information content (AvgIpc) is 2.81. The molecule has 1 aliphatic heterocycles. The summed E-state index contributed by atoms with van der Waals surface area (Å²) in [6.45, 7) is 5.44. The minimum absolute atomic E-state index is 0.0322. The number of carbonyl (C=O) groups is 2. The van der Waals surface area contributed by atoms with Crippen molar-refractivity contribution in [1.29, 1.82) is 0 Å². The van der Waals surface area contributed by atoms with Gasteiger partial charge in [-0.05, 0) is 43.2 Å². The summed E-state index contributed by atoms with van der Waals surface area (Å²) in [5.41, 5.74) is 0.241. The van der Waals surface area contributed by atoms with E-state index < -0.39 is 17.7 Å². The Bertz CT molecular complexity index is 1040. The normalized spacial score (nSPS) is 21.5. The summed E-state index contributed by atoms with van der Waals surface area (Å²) in [4.78, 5) is 27.2. The largest absolute Gasteiger partial charge is 0.491 e. The number of methoxy groups -OCH3 is 1. The standard InChI is InChI=1S/C24H30F2N4O4/c1-14-11-27-15(2)13-34-21-8-6-17(10-18(21)23(31)30(3)12-22(14)33-4)28-24(32)29-20-9-16(25)5-7-19(20)26/h5-10,14-15,22,27H,11-13H2,1-4H3,(H2,28,29,32)/t14-,15+,22+/m1/s1. The van der Waals surface area contributed by atoms with E-state index in [0.29, 0.717) is 25.4 Å². The van der Waals surface area contributed by atoms with Gasteiger partial charge >= 0.3 is 6.03 Å². The number of hydrogen-bond donors (Lipinski definition) is 3. The quantitative estimate of drug-likeness (QED) is 0.628. The molecular weight excluding hydrogens is 446 g/mol. The second-order valence-electron chi connectivity index (χ2n) is 8.47. The number of nitrogens with one attached hydrogen (secondary N) is 3. The SMILES string of the molecule is CO[C@H]1CN(C)C(=O)c2cc(NC(=O)Nc3cc(F)ccc3F)ccc2OC[C@H](C)NC[C@H]1C. The van der Waals surface area contributed by atoms with E-state index in [0.717, 1.165) is 18.2 Å². The molecule has 3 amide bonds. The lowest BCUT2D eigenvalue weighted by atomic mass is 10.0. The van der Waals surface area contributed by atoms with E-state index in [-0.39, 0.29) is 40.9 Å². The first kappa shape index (κ1) is 25.4. The molecule has 1 aliphatic rings. The number of ether oxygens (including phenoxy) is 2. The number of nitrogens with zero attached hydrogens (tertiary/aromatic N) is 1. The van der Waals surface area contributed by atoms with Crippen LogP contribution >= 0.6 is 0 Å². The number of benzene rings is 2. The maximum absolute atomic E-state index is 13.8. The molecule has 0 spiro atoms. The highest BCUT2D eigenvalue weighted by Crippen LogP contribution is 2.26.